The lowest BCUT2D eigenvalue weighted by molar-refractivity contribution is -0.389. The summed E-state index contributed by atoms with van der Waals surface area (Å²) in [6.07, 6.45) is 1.26. The van der Waals surface area contributed by atoms with Gasteiger partial charge in [0.15, 0.2) is 0 Å². The Balaban J connectivity index is 2.04. The van der Waals surface area contributed by atoms with Gasteiger partial charge in [-0.2, -0.15) is 13.5 Å². The van der Waals surface area contributed by atoms with Crippen LogP contribution in [0, 0.1) is 10.1 Å². The summed E-state index contributed by atoms with van der Waals surface area (Å²) >= 11 is 0. The molecule has 0 fully saturated rings. The van der Waals surface area contributed by atoms with Crippen LogP contribution in [0.3, 0.4) is 0 Å². The fraction of sp³-hybridized carbons (Fsp3) is 0.167. The number of amides is 1. The summed E-state index contributed by atoms with van der Waals surface area (Å²) in [4.78, 5) is 21.6. The van der Waals surface area contributed by atoms with E-state index in [0.29, 0.717) is 0 Å². The predicted octanol–water partition coefficient (Wildman–Crippen LogP) is 2.03. The van der Waals surface area contributed by atoms with Crippen molar-refractivity contribution in [2.75, 3.05) is 5.32 Å². The fourth-order valence-electron chi connectivity index (χ4n) is 1.64. The molecule has 0 saturated carbocycles. The van der Waals surface area contributed by atoms with E-state index in [4.69, 9.17) is 0 Å². The number of ether oxygens (including phenoxy) is 1. The minimum atomic E-state index is -3.02. The fourth-order valence-corrected chi connectivity index (χ4v) is 1.64. The van der Waals surface area contributed by atoms with Crippen LogP contribution in [0.15, 0.2) is 36.5 Å². The van der Waals surface area contributed by atoms with E-state index in [1.54, 1.807) is 0 Å². The van der Waals surface area contributed by atoms with Crippen molar-refractivity contribution in [3.63, 3.8) is 0 Å². The number of carbonyl (C=O) groups is 1. The van der Waals surface area contributed by atoms with E-state index < -0.39 is 23.3 Å². The normalized spacial score (nSPS) is 10.5. The minimum absolute atomic E-state index is 0.0643. The number of nitrogens with zero attached hydrogens (tertiary/aromatic N) is 3. The number of anilines is 1. The van der Waals surface area contributed by atoms with Gasteiger partial charge in [0, 0.05) is 0 Å². The van der Waals surface area contributed by atoms with Gasteiger partial charge in [0.25, 0.3) is 0 Å². The number of nitrogens with one attached hydrogen (secondary N) is 1. The highest BCUT2D eigenvalue weighted by Crippen LogP contribution is 2.25. The maximum atomic E-state index is 12.3. The number of hydrogen-bond acceptors (Lipinski definition) is 5. The third kappa shape index (κ3) is 3.98. The highest BCUT2D eigenvalue weighted by molar-refractivity contribution is 5.92. The van der Waals surface area contributed by atoms with Crippen molar-refractivity contribution in [2.24, 2.45) is 0 Å². The first kappa shape index (κ1) is 15.4. The largest absolute Gasteiger partial charge is 0.433 e. The van der Waals surface area contributed by atoms with Crippen molar-refractivity contribution in [1.29, 1.82) is 0 Å². The summed E-state index contributed by atoms with van der Waals surface area (Å²) < 4.78 is 29.8. The molecule has 22 heavy (non-hydrogen) atoms. The molecule has 0 unspecified atom stereocenters. The molecule has 0 saturated heterocycles. The van der Waals surface area contributed by atoms with Crippen molar-refractivity contribution < 1.29 is 23.2 Å². The van der Waals surface area contributed by atoms with Gasteiger partial charge >= 0.3 is 12.4 Å². The Morgan fingerprint density at radius 3 is 2.77 bits per heavy atom. The third-order valence-electron chi connectivity index (χ3n) is 2.50. The second-order valence-corrected chi connectivity index (χ2v) is 4.05. The highest BCUT2D eigenvalue weighted by atomic mass is 19.3. The van der Waals surface area contributed by atoms with Crippen molar-refractivity contribution in [2.45, 2.75) is 13.2 Å². The van der Waals surface area contributed by atoms with Crippen LogP contribution in [0.5, 0.6) is 5.75 Å². The van der Waals surface area contributed by atoms with E-state index in [0.717, 1.165) is 10.7 Å². The molecule has 0 radical (unpaired) electrons. The van der Waals surface area contributed by atoms with E-state index in [1.807, 2.05) is 0 Å². The van der Waals surface area contributed by atoms with Crippen LogP contribution >= 0.6 is 0 Å². The second-order valence-electron chi connectivity index (χ2n) is 4.05. The van der Waals surface area contributed by atoms with E-state index in [2.05, 4.69) is 15.2 Å². The number of aromatic nitrogens is 2. The quantitative estimate of drug-likeness (QED) is 0.650. The number of carbonyl (C=O) groups excluding carboxylic acids is 1. The number of rotatable bonds is 6. The van der Waals surface area contributed by atoms with Crippen LogP contribution in [0.25, 0.3) is 0 Å². The molecule has 1 aromatic carbocycles. The number of halogens is 2. The SMILES string of the molecule is O=C(Cn1ccc([N+](=O)[O-])n1)Nc1ccccc1OC(F)F. The zero-order valence-electron chi connectivity index (χ0n) is 11.0. The maximum Gasteiger partial charge on any atom is 0.389 e. The Labute approximate surface area is 122 Å². The van der Waals surface area contributed by atoms with E-state index in [-0.39, 0.29) is 18.0 Å². The molecule has 0 spiro atoms. The summed E-state index contributed by atoms with van der Waals surface area (Å²) in [5.41, 5.74) is 0.0643. The van der Waals surface area contributed by atoms with E-state index >= 15 is 0 Å². The molecule has 0 bridgehead atoms. The van der Waals surface area contributed by atoms with Crippen LogP contribution in [0.1, 0.15) is 0 Å². The number of para-hydroxylation sites is 2. The molecule has 2 aromatic rings. The van der Waals surface area contributed by atoms with Gasteiger partial charge in [-0.05, 0) is 17.1 Å². The summed E-state index contributed by atoms with van der Waals surface area (Å²) in [7, 11) is 0. The first-order chi connectivity index (χ1) is 10.5. The van der Waals surface area contributed by atoms with Gasteiger partial charge in [-0.25, -0.2) is 0 Å². The van der Waals surface area contributed by atoms with Crippen LogP contribution in [0.4, 0.5) is 20.3 Å². The van der Waals surface area contributed by atoms with Gasteiger partial charge in [0.2, 0.25) is 5.91 Å². The van der Waals surface area contributed by atoms with Gasteiger partial charge in [-0.15, -0.1) is 0 Å². The number of nitro groups is 1. The van der Waals surface area contributed by atoms with Crippen LogP contribution in [-0.2, 0) is 11.3 Å². The van der Waals surface area contributed by atoms with Gasteiger partial charge < -0.3 is 20.2 Å². The predicted molar refractivity (Wildman–Crippen MR) is 70.6 cm³/mol. The van der Waals surface area contributed by atoms with Crippen LogP contribution < -0.4 is 10.1 Å². The molecule has 0 aliphatic carbocycles. The number of alkyl halides is 2. The first-order valence-electron chi connectivity index (χ1n) is 5.97. The maximum absolute atomic E-state index is 12.3. The zero-order valence-corrected chi connectivity index (χ0v) is 11.0. The molecule has 2 rings (SSSR count). The Morgan fingerprint density at radius 1 is 1.41 bits per heavy atom. The summed E-state index contributed by atoms with van der Waals surface area (Å²) in [6, 6.07) is 6.82. The molecule has 0 aliphatic heterocycles. The van der Waals surface area contributed by atoms with Crippen molar-refractivity contribution >= 4 is 17.4 Å². The summed E-state index contributed by atoms with van der Waals surface area (Å²) in [5, 5.41) is 16.4. The van der Waals surface area contributed by atoms with Crippen LogP contribution in [0.2, 0.25) is 0 Å². The lowest BCUT2D eigenvalue weighted by Gasteiger charge is -2.11. The first-order valence-corrected chi connectivity index (χ1v) is 5.97. The minimum Gasteiger partial charge on any atom is -0.433 e. The molecule has 1 aromatic heterocycles. The Hall–Kier alpha value is -3.04. The Bertz CT molecular complexity index is 689. The van der Waals surface area contributed by atoms with Crippen LogP contribution in [-0.4, -0.2) is 27.2 Å². The summed E-state index contributed by atoms with van der Waals surface area (Å²) in [6.45, 7) is -3.33. The third-order valence-corrected chi connectivity index (χ3v) is 2.50. The Kier molecular flexibility index (Phi) is 4.61. The molecule has 0 aliphatic rings. The lowest BCUT2D eigenvalue weighted by Crippen LogP contribution is -2.20. The smallest absolute Gasteiger partial charge is 0.389 e. The monoisotopic (exact) mass is 312 g/mol. The molecule has 116 valence electrons. The molecular formula is C12H10F2N4O4. The van der Waals surface area contributed by atoms with Crippen molar-refractivity contribution in [3.8, 4) is 5.75 Å². The van der Waals surface area contributed by atoms with Gasteiger partial charge in [0.1, 0.15) is 12.3 Å². The molecule has 8 nitrogen and oxygen atoms in total. The highest BCUT2D eigenvalue weighted by Gasteiger charge is 2.15. The standard InChI is InChI=1S/C12H10F2N4O4/c13-12(14)22-9-4-2-1-3-8(9)15-11(19)7-17-6-5-10(16-17)18(20)21/h1-6,12H,7H2,(H,15,19). The number of hydrogen-bond donors (Lipinski definition) is 1. The number of benzene rings is 1. The zero-order chi connectivity index (χ0) is 16.1. The van der Waals surface area contributed by atoms with Gasteiger partial charge in [0.05, 0.1) is 23.0 Å². The summed E-state index contributed by atoms with van der Waals surface area (Å²) in [5.74, 6) is -1.17. The Morgan fingerprint density at radius 2 is 2.14 bits per heavy atom. The molecule has 0 atom stereocenters. The second kappa shape index (κ2) is 6.61. The average Bonchev–Trinajstić information content (AvgIpc) is 2.89. The van der Waals surface area contributed by atoms with Gasteiger partial charge in [-0.3, -0.25) is 4.79 Å². The van der Waals surface area contributed by atoms with Crippen molar-refractivity contribution in [3.05, 3.63) is 46.6 Å². The van der Waals surface area contributed by atoms with E-state index in [1.165, 1.54) is 30.5 Å². The average molecular weight is 312 g/mol. The topological polar surface area (TPSA) is 99.3 Å². The molecule has 10 heteroatoms. The molecule has 1 heterocycles. The van der Waals surface area contributed by atoms with Gasteiger partial charge in [-0.1, -0.05) is 12.1 Å². The van der Waals surface area contributed by atoms with Crippen molar-refractivity contribution in [1.82, 2.24) is 9.78 Å². The van der Waals surface area contributed by atoms with E-state index in [9.17, 15) is 23.7 Å². The molecule has 1 amide bonds. The molecule has 1 N–H and O–H groups in total. The molecular weight excluding hydrogens is 302 g/mol. The lowest BCUT2D eigenvalue weighted by atomic mass is 10.3.